The summed E-state index contributed by atoms with van der Waals surface area (Å²) in [5.41, 5.74) is 3.52. The molecular weight excluding hydrogens is 494 g/mol. The van der Waals surface area contributed by atoms with Crippen LogP contribution in [0.5, 0.6) is 0 Å². The van der Waals surface area contributed by atoms with Gasteiger partial charge in [0.15, 0.2) is 5.65 Å². The summed E-state index contributed by atoms with van der Waals surface area (Å²) in [5, 5.41) is 3.03. The molecule has 1 aromatic carbocycles. The molecule has 0 saturated heterocycles. The normalized spacial score (nSPS) is 11.1. The van der Waals surface area contributed by atoms with Gasteiger partial charge in [-0.25, -0.2) is 4.98 Å². The Morgan fingerprint density at radius 3 is 2.59 bits per heavy atom. The third kappa shape index (κ3) is 6.41. The van der Waals surface area contributed by atoms with E-state index in [0.29, 0.717) is 6.42 Å². The third-order valence-corrected chi connectivity index (χ3v) is 5.94. The zero-order valence-corrected chi connectivity index (χ0v) is 19.9. The van der Waals surface area contributed by atoms with E-state index in [1.54, 1.807) is 0 Å². The van der Waals surface area contributed by atoms with Gasteiger partial charge in [0.2, 0.25) is 5.91 Å². The van der Waals surface area contributed by atoms with E-state index >= 15 is 0 Å². The summed E-state index contributed by atoms with van der Waals surface area (Å²) in [6.07, 6.45) is 13.0. The number of benzene rings is 1. The molecular formula is C23H27Br2N3O. The van der Waals surface area contributed by atoms with Gasteiger partial charge in [0.1, 0.15) is 0 Å². The number of carbonyl (C=O) groups is 1. The highest BCUT2D eigenvalue weighted by molar-refractivity contribution is 9.11. The monoisotopic (exact) mass is 519 g/mol. The van der Waals surface area contributed by atoms with E-state index in [-0.39, 0.29) is 5.91 Å². The van der Waals surface area contributed by atoms with Gasteiger partial charge >= 0.3 is 0 Å². The Balaban J connectivity index is 1.57. The summed E-state index contributed by atoms with van der Waals surface area (Å²) in [7, 11) is 0. The molecule has 0 fully saturated rings. The van der Waals surface area contributed by atoms with E-state index in [1.807, 2.05) is 47.1 Å². The number of amides is 1. The second kappa shape index (κ2) is 10.9. The standard InChI is InChI=1S/C23H27Br2N3O/c1-2-3-4-5-6-7-8-12-22(29)26-19-11-9-10-17(13-19)21-16-28-15-18(24)14-20(25)23(28)27-21/h9-11,13-16H,2-8,12H2,1H3,(H,26,29). The van der Waals surface area contributed by atoms with Gasteiger partial charge in [-0.2, -0.15) is 0 Å². The summed E-state index contributed by atoms with van der Waals surface area (Å²) in [6, 6.07) is 9.85. The van der Waals surface area contributed by atoms with Crippen LogP contribution < -0.4 is 5.32 Å². The van der Waals surface area contributed by atoms with Crippen LogP contribution in [0, 0.1) is 0 Å². The molecule has 0 saturated carbocycles. The number of rotatable bonds is 10. The van der Waals surface area contributed by atoms with Gasteiger partial charge in [0.05, 0.1) is 10.2 Å². The molecule has 4 nitrogen and oxygen atoms in total. The lowest BCUT2D eigenvalue weighted by atomic mass is 10.1. The van der Waals surface area contributed by atoms with Crippen molar-refractivity contribution in [1.82, 2.24) is 9.38 Å². The zero-order chi connectivity index (χ0) is 20.6. The largest absolute Gasteiger partial charge is 0.326 e. The van der Waals surface area contributed by atoms with Crippen LogP contribution in [-0.2, 0) is 4.79 Å². The Kier molecular flexibility index (Phi) is 8.30. The van der Waals surface area contributed by atoms with Gasteiger partial charge < -0.3 is 9.72 Å². The van der Waals surface area contributed by atoms with E-state index in [0.717, 1.165) is 44.4 Å². The van der Waals surface area contributed by atoms with Crippen molar-refractivity contribution in [1.29, 1.82) is 0 Å². The number of pyridine rings is 1. The number of nitrogens with one attached hydrogen (secondary N) is 1. The van der Waals surface area contributed by atoms with E-state index in [9.17, 15) is 4.79 Å². The van der Waals surface area contributed by atoms with Crippen LogP contribution in [0.15, 0.2) is 51.7 Å². The van der Waals surface area contributed by atoms with Crippen molar-refractivity contribution in [2.45, 2.75) is 58.3 Å². The molecule has 2 aromatic heterocycles. The van der Waals surface area contributed by atoms with Crippen LogP contribution in [0.4, 0.5) is 5.69 Å². The zero-order valence-electron chi connectivity index (χ0n) is 16.8. The number of nitrogens with zero attached hydrogens (tertiary/aromatic N) is 2. The number of fused-ring (bicyclic) bond motifs is 1. The summed E-state index contributed by atoms with van der Waals surface area (Å²) < 4.78 is 3.89. The van der Waals surface area contributed by atoms with E-state index in [2.05, 4.69) is 44.1 Å². The lowest BCUT2D eigenvalue weighted by molar-refractivity contribution is -0.116. The Hall–Kier alpha value is -1.66. The second-order valence-electron chi connectivity index (χ2n) is 7.36. The first-order chi connectivity index (χ1) is 14.1. The fourth-order valence-electron chi connectivity index (χ4n) is 3.39. The number of hydrogen-bond donors (Lipinski definition) is 1. The molecule has 0 aliphatic rings. The first-order valence-corrected chi connectivity index (χ1v) is 11.9. The van der Waals surface area contributed by atoms with Crippen molar-refractivity contribution in [3.8, 4) is 11.3 Å². The number of imidazole rings is 1. The number of halogens is 2. The average Bonchev–Trinajstić information content (AvgIpc) is 3.12. The van der Waals surface area contributed by atoms with Crippen LogP contribution >= 0.6 is 31.9 Å². The highest BCUT2D eigenvalue weighted by Gasteiger charge is 2.09. The predicted molar refractivity (Wildman–Crippen MR) is 127 cm³/mol. The molecule has 2 heterocycles. The number of anilines is 1. The van der Waals surface area contributed by atoms with Gasteiger partial charge in [-0.3, -0.25) is 4.79 Å². The maximum atomic E-state index is 12.3. The average molecular weight is 521 g/mol. The molecule has 154 valence electrons. The number of unbranched alkanes of at least 4 members (excludes halogenated alkanes) is 6. The van der Waals surface area contributed by atoms with Gasteiger partial charge in [-0.1, -0.05) is 57.6 Å². The SMILES string of the molecule is CCCCCCCCCC(=O)Nc1cccc(-c2cn3cc(Br)cc(Br)c3n2)c1. The minimum Gasteiger partial charge on any atom is -0.326 e. The summed E-state index contributed by atoms with van der Waals surface area (Å²) in [6.45, 7) is 2.23. The molecule has 0 aliphatic carbocycles. The number of hydrogen-bond acceptors (Lipinski definition) is 2. The molecule has 0 aliphatic heterocycles. The van der Waals surface area contributed by atoms with Gasteiger partial charge in [-0.05, 0) is 56.5 Å². The van der Waals surface area contributed by atoms with Crippen molar-refractivity contribution in [3.63, 3.8) is 0 Å². The van der Waals surface area contributed by atoms with Crippen molar-refractivity contribution >= 4 is 49.1 Å². The lowest BCUT2D eigenvalue weighted by Crippen LogP contribution is -2.11. The predicted octanol–water partition coefficient (Wildman–Crippen LogP) is 7.61. The molecule has 0 radical (unpaired) electrons. The minimum atomic E-state index is 0.0809. The van der Waals surface area contributed by atoms with Crippen molar-refractivity contribution < 1.29 is 4.79 Å². The Morgan fingerprint density at radius 2 is 1.79 bits per heavy atom. The molecule has 1 amide bonds. The van der Waals surface area contributed by atoms with E-state index in [4.69, 9.17) is 4.98 Å². The minimum absolute atomic E-state index is 0.0809. The van der Waals surface area contributed by atoms with Crippen LogP contribution in [-0.4, -0.2) is 15.3 Å². The van der Waals surface area contributed by atoms with Gasteiger partial charge in [-0.15, -0.1) is 0 Å². The fourth-order valence-corrected chi connectivity index (χ4v) is 4.68. The van der Waals surface area contributed by atoms with Crippen LogP contribution in [0.1, 0.15) is 58.3 Å². The molecule has 6 heteroatoms. The summed E-state index contributed by atoms with van der Waals surface area (Å²) in [5.74, 6) is 0.0809. The lowest BCUT2D eigenvalue weighted by Gasteiger charge is -2.07. The molecule has 1 N–H and O–H groups in total. The first kappa shape index (κ1) is 22.0. The highest BCUT2D eigenvalue weighted by atomic mass is 79.9. The second-order valence-corrected chi connectivity index (χ2v) is 9.13. The van der Waals surface area contributed by atoms with Crippen molar-refractivity contribution in [2.24, 2.45) is 0 Å². The molecule has 0 atom stereocenters. The first-order valence-electron chi connectivity index (χ1n) is 10.3. The smallest absolute Gasteiger partial charge is 0.224 e. The maximum absolute atomic E-state index is 12.3. The van der Waals surface area contributed by atoms with Crippen molar-refractivity contribution in [3.05, 3.63) is 51.7 Å². The van der Waals surface area contributed by atoms with E-state index in [1.165, 1.54) is 32.1 Å². The Bertz CT molecular complexity index is 968. The van der Waals surface area contributed by atoms with E-state index < -0.39 is 0 Å². The van der Waals surface area contributed by atoms with Crippen LogP contribution in [0.25, 0.3) is 16.9 Å². The molecule has 0 spiro atoms. The van der Waals surface area contributed by atoms with Crippen molar-refractivity contribution in [2.75, 3.05) is 5.32 Å². The Morgan fingerprint density at radius 1 is 1.03 bits per heavy atom. The van der Waals surface area contributed by atoms with Gasteiger partial charge in [0, 0.05) is 34.5 Å². The molecule has 3 aromatic rings. The number of aromatic nitrogens is 2. The summed E-state index contributed by atoms with van der Waals surface area (Å²) >= 11 is 7.06. The third-order valence-electron chi connectivity index (χ3n) is 4.92. The molecule has 0 unspecified atom stereocenters. The van der Waals surface area contributed by atoms with Crippen LogP contribution in [0.3, 0.4) is 0 Å². The molecule has 29 heavy (non-hydrogen) atoms. The van der Waals surface area contributed by atoms with Gasteiger partial charge in [0.25, 0.3) is 0 Å². The highest BCUT2D eigenvalue weighted by Crippen LogP contribution is 2.27. The van der Waals surface area contributed by atoms with Crippen LogP contribution in [0.2, 0.25) is 0 Å². The number of carbonyl (C=O) groups excluding carboxylic acids is 1. The summed E-state index contributed by atoms with van der Waals surface area (Å²) in [4.78, 5) is 17.0. The Labute approximate surface area is 189 Å². The maximum Gasteiger partial charge on any atom is 0.224 e. The molecule has 3 rings (SSSR count). The topological polar surface area (TPSA) is 46.4 Å². The fraction of sp³-hybridized carbons (Fsp3) is 0.391. The molecule has 0 bridgehead atoms. The quantitative estimate of drug-likeness (QED) is 0.279.